The van der Waals surface area contributed by atoms with E-state index in [0.717, 1.165) is 10.3 Å². The number of nitriles is 2. The lowest BCUT2D eigenvalue weighted by Gasteiger charge is -2.28. The van der Waals surface area contributed by atoms with E-state index in [0.29, 0.717) is 11.5 Å². The summed E-state index contributed by atoms with van der Waals surface area (Å²) in [6.07, 6.45) is -0.0535. The first-order valence-electron chi connectivity index (χ1n) is 5.42. The Bertz CT molecular complexity index is 430. The summed E-state index contributed by atoms with van der Waals surface area (Å²) in [5.41, 5.74) is 0. The Morgan fingerprint density at radius 2 is 1.39 bits per heavy atom. The molecular formula is C10H12N6S2. The van der Waals surface area contributed by atoms with Crippen LogP contribution in [0, 0.1) is 22.7 Å². The summed E-state index contributed by atoms with van der Waals surface area (Å²) in [7, 11) is 0. The molecule has 0 unspecified atom stereocenters. The molecule has 2 heterocycles. The number of hydrazine groups is 1. The fourth-order valence-electron chi connectivity index (χ4n) is 1.81. The zero-order valence-corrected chi connectivity index (χ0v) is 11.7. The Kier molecular flexibility index (Phi) is 4.00. The minimum Gasteiger partial charge on any atom is -0.234 e. The molecular weight excluding hydrogens is 268 g/mol. The molecule has 2 aliphatic rings. The Morgan fingerprint density at radius 1 is 1.00 bits per heavy atom. The number of hydrogen-bond acceptors (Lipinski definition) is 8. The number of thioether (sulfide) groups is 2. The van der Waals surface area contributed by atoms with Crippen molar-refractivity contribution >= 4 is 33.9 Å². The Morgan fingerprint density at radius 3 is 1.72 bits per heavy atom. The SMILES string of the molecule is C[C@@H]1N=C(SCC#N)N2[C@H](C)N=C(SCC#N)N12. The van der Waals surface area contributed by atoms with E-state index in [4.69, 9.17) is 10.5 Å². The summed E-state index contributed by atoms with van der Waals surface area (Å²) in [5, 5.41) is 22.9. The van der Waals surface area contributed by atoms with E-state index in [9.17, 15) is 0 Å². The van der Waals surface area contributed by atoms with Crippen LogP contribution in [-0.4, -0.2) is 44.2 Å². The van der Waals surface area contributed by atoms with Crippen LogP contribution in [0.4, 0.5) is 0 Å². The van der Waals surface area contributed by atoms with E-state index < -0.39 is 0 Å². The first-order chi connectivity index (χ1) is 8.69. The molecule has 0 spiro atoms. The van der Waals surface area contributed by atoms with Crippen molar-refractivity contribution < 1.29 is 0 Å². The van der Waals surface area contributed by atoms with E-state index in [2.05, 4.69) is 22.1 Å². The topological polar surface area (TPSA) is 78.8 Å². The van der Waals surface area contributed by atoms with Crippen LogP contribution < -0.4 is 0 Å². The minimum absolute atomic E-state index is 0.0268. The van der Waals surface area contributed by atoms with Crippen LogP contribution in [0.1, 0.15) is 13.8 Å². The number of rotatable bonds is 2. The molecule has 2 aliphatic heterocycles. The van der Waals surface area contributed by atoms with Crippen molar-refractivity contribution in [1.82, 2.24) is 10.0 Å². The van der Waals surface area contributed by atoms with Crippen molar-refractivity contribution in [3.8, 4) is 12.1 Å². The average molecular weight is 280 g/mol. The zero-order valence-electron chi connectivity index (χ0n) is 10.1. The molecule has 6 nitrogen and oxygen atoms in total. The summed E-state index contributed by atoms with van der Waals surface area (Å²) in [6.45, 7) is 3.96. The number of fused-ring (bicyclic) bond motifs is 1. The molecule has 2 atom stereocenters. The van der Waals surface area contributed by atoms with Gasteiger partial charge in [-0.25, -0.2) is 20.0 Å². The highest BCUT2D eigenvalue weighted by Crippen LogP contribution is 2.33. The molecule has 0 aromatic rings. The molecule has 2 rings (SSSR count). The molecule has 0 fully saturated rings. The monoisotopic (exact) mass is 280 g/mol. The van der Waals surface area contributed by atoms with Gasteiger partial charge in [-0.15, -0.1) is 0 Å². The van der Waals surface area contributed by atoms with Crippen molar-refractivity contribution in [2.24, 2.45) is 9.98 Å². The molecule has 0 saturated carbocycles. The summed E-state index contributed by atoms with van der Waals surface area (Å²) in [5.74, 6) is 0.757. The molecule has 0 aromatic carbocycles. The van der Waals surface area contributed by atoms with E-state index in [1.807, 2.05) is 23.9 Å². The lowest BCUT2D eigenvalue weighted by Crippen LogP contribution is -2.44. The molecule has 8 heteroatoms. The number of hydrogen-bond donors (Lipinski definition) is 0. The largest absolute Gasteiger partial charge is 0.234 e. The maximum Gasteiger partial charge on any atom is 0.183 e. The van der Waals surface area contributed by atoms with Crippen LogP contribution in [0.2, 0.25) is 0 Å². The van der Waals surface area contributed by atoms with Crippen LogP contribution in [0.3, 0.4) is 0 Å². The third kappa shape index (κ3) is 2.26. The van der Waals surface area contributed by atoms with Crippen LogP contribution >= 0.6 is 23.5 Å². The molecule has 0 amide bonds. The first-order valence-corrected chi connectivity index (χ1v) is 7.39. The number of nitrogens with zero attached hydrogens (tertiary/aromatic N) is 6. The van der Waals surface area contributed by atoms with Gasteiger partial charge in [-0.3, -0.25) is 0 Å². The Balaban J connectivity index is 2.12. The molecule has 0 N–H and O–H groups in total. The first kappa shape index (κ1) is 13.1. The van der Waals surface area contributed by atoms with Crippen LogP contribution in [0.25, 0.3) is 0 Å². The van der Waals surface area contributed by atoms with Gasteiger partial charge in [-0.05, 0) is 13.8 Å². The quantitative estimate of drug-likeness (QED) is 0.761. The van der Waals surface area contributed by atoms with E-state index in [-0.39, 0.29) is 12.3 Å². The molecule has 0 aromatic heterocycles. The van der Waals surface area contributed by atoms with Crippen LogP contribution in [0.5, 0.6) is 0 Å². The molecule has 94 valence electrons. The van der Waals surface area contributed by atoms with Gasteiger partial charge in [0.05, 0.1) is 23.6 Å². The van der Waals surface area contributed by atoms with Crippen molar-refractivity contribution in [3.63, 3.8) is 0 Å². The fraction of sp³-hybridized carbons (Fsp3) is 0.600. The Hall–Kier alpha value is -1.38. The highest BCUT2D eigenvalue weighted by molar-refractivity contribution is 8.14. The Labute approximate surface area is 114 Å². The van der Waals surface area contributed by atoms with Crippen molar-refractivity contribution in [3.05, 3.63) is 0 Å². The molecule has 0 bridgehead atoms. The predicted octanol–water partition coefficient (Wildman–Crippen LogP) is 1.45. The van der Waals surface area contributed by atoms with Crippen LogP contribution in [0.15, 0.2) is 9.98 Å². The molecule has 0 radical (unpaired) electrons. The lowest BCUT2D eigenvalue weighted by atomic mass is 10.6. The highest BCUT2D eigenvalue weighted by atomic mass is 32.2. The van der Waals surface area contributed by atoms with Gasteiger partial charge in [0.1, 0.15) is 12.3 Å². The van der Waals surface area contributed by atoms with Gasteiger partial charge in [-0.2, -0.15) is 10.5 Å². The van der Waals surface area contributed by atoms with Gasteiger partial charge >= 0.3 is 0 Å². The van der Waals surface area contributed by atoms with E-state index >= 15 is 0 Å². The summed E-state index contributed by atoms with van der Waals surface area (Å²) < 4.78 is 0. The van der Waals surface area contributed by atoms with Gasteiger partial charge in [0.2, 0.25) is 0 Å². The fourth-order valence-corrected chi connectivity index (χ4v) is 3.40. The smallest absolute Gasteiger partial charge is 0.183 e. The summed E-state index contributed by atoms with van der Waals surface area (Å²) >= 11 is 2.84. The maximum atomic E-state index is 8.64. The number of amidine groups is 2. The van der Waals surface area contributed by atoms with Gasteiger partial charge in [0, 0.05) is 0 Å². The second-order valence-electron chi connectivity index (χ2n) is 3.67. The second kappa shape index (κ2) is 5.51. The summed E-state index contributed by atoms with van der Waals surface area (Å²) in [4.78, 5) is 9.05. The van der Waals surface area contributed by atoms with Crippen molar-refractivity contribution in [2.75, 3.05) is 11.5 Å². The zero-order chi connectivity index (χ0) is 13.1. The standard InChI is InChI=1S/C10H12N6S2/c1-7-13-9(17-5-3-11)16-8(2)14-10(15(7)16)18-6-4-12/h7-8H,5-6H2,1-2H3/t7-,8-/m1/s1. The molecule has 18 heavy (non-hydrogen) atoms. The third-order valence-electron chi connectivity index (χ3n) is 2.46. The molecule has 0 aliphatic carbocycles. The second-order valence-corrected chi connectivity index (χ2v) is 5.55. The maximum absolute atomic E-state index is 8.64. The normalized spacial score (nSPS) is 25.3. The third-order valence-corrected chi connectivity index (χ3v) is 4.11. The van der Waals surface area contributed by atoms with Gasteiger partial charge in [-0.1, -0.05) is 23.5 Å². The van der Waals surface area contributed by atoms with Crippen LogP contribution in [-0.2, 0) is 0 Å². The molecule has 0 saturated heterocycles. The predicted molar refractivity (Wildman–Crippen MR) is 73.6 cm³/mol. The average Bonchev–Trinajstić information content (AvgIpc) is 2.85. The van der Waals surface area contributed by atoms with Gasteiger partial charge in [0.25, 0.3) is 0 Å². The van der Waals surface area contributed by atoms with E-state index in [1.165, 1.54) is 23.5 Å². The highest BCUT2D eigenvalue weighted by Gasteiger charge is 2.41. The van der Waals surface area contributed by atoms with Crippen molar-refractivity contribution in [1.29, 1.82) is 10.5 Å². The van der Waals surface area contributed by atoms with Gasteiger partial charge in [0.15, 0.2) is 10.3 Å². The van der Waals surface area contributed by atoms with Crippen molar-refractivity contribution in [2.45, 2.75) is 26.2 Å². The summed E-state index contributed by atoms with van der Waals surface area (Å²) in [6, 6.07) is 4.20. The van der Waals surface area contributed by atoms with Gasteiger partial charge < -0.3 is 0 Å². The van der Waals surface area contributed by atoms with E-state index in [1.54, 1.807) is 0 Å². The lowest BCUT2D eigenvalue weighted by molar-refractivity contribution is 0.119. The number of aliphatic imine (C=N–C) groups is 2. The minimum atomic E-state index is -0.0268.